The molecule has 0 bridgehead atoms. The van der Waals surface area contributed by atoms with Crippen molar-refractivity contribution < 1.29 is 4.52 Å². The van der Waals surface area contributed by atoms with Gasteiger partial charge in [0.05, 0.1) is 5.69 Å². The smallest absolute Gasteiger partial charge is 0.198 e. The summed E-state index contributed by atoms with van der Waals surface area (Å²) < 4.78 is 5.24. The molecule has 0 unspecified atom stereocenters. The first-order valence-corrected chi connectivity index (χ1v) is 9.27. The van der Waals surface area contributed by atoms with Crippen LogP contribution in [0.15, 0.2) is 39.8 Å². The third-order valence-electron chi connectivity index (χ3n) is 4.71. The number of likely N-dealkylation sites (tertiary alicyclic amines) is 1. The Hall–Kier alpha value is -1.57. The standard InChI is InChI=1S/C20H28N4O.HI/c1-16-19(17(2)25-23-16)12-9-13-21-20(24-14-7-4-8-15-24)22-18-10-5-3-6-11-18;/h3,5-6,10-11H,4,7-9,12-15H2,1-2H3,(H,21,22);1H. The minimum Gasteiger partial charge on any atom is -0.361 e. The fourth-order valence-electron chi connectivity index (χ4n) is 3.27. The molecule has 1 aromatic heterocycles. The summed E-state index contributed by atoms with van der Waals surface area (Å²) in [7, 11) is 0. The van der Waals surface area contributed by atoms with Gasteiger partial charge in [0.2, 0.25) is 0 Å². The van der Waals surface area contributed by atoms with Crippen LogP contribution in [0.4, 0.5) is 5.69 Å². The number of nitrogens with one attached hydrogen (secondary N) is 1. The molecule has 0 aliphatic carbocycles. The van der Waals surface area contributed by atoms with Gasteiger partial charge in [0.1, 0.15) is 5.76 Å². The van der Waals surface area contributed by atoms with Crippen molar-refractivity contribution in [3.63, 3.8) is 0 Å². The van der Waals surface area contributed by atoms with Gasteiger partial charge in [-0.05, 0) is 58.1 Å². The van der Waals surface area contributed by atoms with Crippen LogP contribution in [0.3, 0.4) is 0 Å². The second-order valence-corrected chi connectivity index (χ2v) is 6.65. The van der Waals surface area contributed by atoms with E-state index in [0.717, 1.165) is 55.6 Å². The zero-order valence-corrected chi connectivity index (χ0v) is 18.0. The summed E-state index contributed by atoms with van der Waals surface area (Å²) in [6, 6.07) is 10.3. The summed E-state index contributed by atoms with van der Waals surface area (Å²) in [6.45, 7) is 6.96. The lowest BCUT2D eigenvalue weighted by Crippen LogP contribution is -2.40. The molecule has 0 spiro atoms. The highest BCUT2D eigenvalue weighted by molar-refractivity contribution is 14.0. The molecule has 0 radical (unpaired) electrons. The lowest BCUT2D eigenvalue weighted by molar-refractivity contribution is 0.340. The average Bonchev–Trinajstić information content (AvgIpc) is 2.97. The first-order valence-electron chi connectivity index (χ1n) is 9.27. The third-order valence-corrected chi connectivity index (χ3v) is 4.71. The highest BCUT2D eigenvalue weighted by atomic mass is 127. The SMILES string of the molecule is Cc1noc(C)c1CCCN=C(Nc1ccccc1)N1CCCCC1.I. The molecule has 1 fully saturated rings. The first-order chi connectivity index (χ1) is 12.2. The molecule has 0 atom stereocenters. The van der Waals surface area contributed by atoms with Crippen molar-refractivity contribution in [3.05, 3.63) is 47.3 Å². The number of hydrogen-bond acceptors (Lipinski definition) is 3. The van der Waals surface area contributed by atoms with Crippen molar-refractivity contribution in [3.8, 4) is 0 Å². The van der Waals surface area contributed by atoms with E-state index in [-0.39, 0.29) is 24.0 Å². The molecule has 1 N–H and O–H groups in total. The summed E-state index contributed by atoms with van der Waals surface area (Å²) in [5, 5.41) is 7.54. The van der Waals surface area contributed by atoms with Gasteiger partial charge in [-0.3, -0.25) is 4.99 Å². The number of aliphatic imine (C=N–C) groups is 1. The Morgan fingerprint density at radius 3 is 2.54 bits per heavy atom. The van der Waals surface area contributed by atoms with Crippen LogP contribution >= 0.6 is 24.0 Å². The maximum atomic E-state index is 5.24. The van der Waals surface area contributed by atoms with E-state index in [2.05, 4.69) is 27.5 Å². The third kappa shape index (κ3) is 5.72. The molecular weight excluding hydrogens is 439 g/mol. The lowest BCUT2D eigenvalue weighted by Gasteiger charge is -2.30. The van der Waals surface area contributed by atoms with E-state index in [1.165, 1.54) is 24.8 Å². The van der Waals surface area contributed by atoms with Crippen molar-refractivity contribution in [2.75, 3.05) is 25.0 Å². The van der Waals surface area contributed by atoms with E-state index in [0.29, 0.717) is 0 Å². The van der Waals surface area contributed by atoms with Gasteiger partial charge in [0.25, 0.3) is 0 Å². The second kappa shape index (κ2) is 10.5. The van der Waals surface area contributed by atoms with Gasteiger partial charge >= 0.3 is 0 Å². The van der Waals surface area contributed by atoms with Gasteiger partial charge in [0.15, 0.2) is 5.96 Å². The number of piperidine rings is 1. The molecule has 0 amide bonds. The van der Waals surface area contributed by atoms with E-state index in [4.69, 9.17) is 9.52 Å². The predicted molar refractivity (Wildman–Crippen MR) is 118 cm³/mol. The largest absolute Gasteiger partial charge is 0.361 e. The summed E-state index contributed by atoms with van der Waals surface area (Å²) in [5.41, 5.74) is 3.32. The van der Waals surface area contributed by atoms with Gasteiger partial charge in [-0.2, -0.15) is 0 Å². The number of nitrogens with zero attached hydrogens (tertiary/aromatic N) is 3. The molecule has 0 saturated carbocycles. The number of para-hydroxylation sites is 1. The van der Waals surface area contributed by atoms with Crippen LogP contribution < -0.4 is 5.32 Å². The van der Waals surface area contributed by atoms with Crippen molar-refractivity contribution in [1.82, 2.24) is 10.1 Å². The van der Waals surface area contributed by atoms with E-state index in [9.17, 15) is 0 Å². The molecule has 3 rings (SSSR count). The Kier molecular flexibility index (Phi) is 8.41. The van der Waals surface area contributed by atoms with Gasteiger partial charge in [0, 0.05) is 30.9 Å². The minimum absolute atomic E-state index is 0. The van der Waals surface area contributed by atoms with Crippen LogP contribution in [0.1, 0.15) is 42.7 Å². The first kappa shape index (κ1) is 20.7. The molecule has 1 saturated heterocycles. The molecule has 5 nitrogen and oxygen atoms in total. The minimum atomic E-state index is 0. The average molecular weight is 468 g/mol. The van der Waals surface area contributed by atoms with Crippen LogP contribution in [0.2, 0.25) is 0 Å². The Labute approximate surface area is 173 Å². The van der Waals surface area contributed by atoms with Crippen LogP contribution in [0.25, 0.3) is 0 Å². The highest BCUT2D eigenvalue weighted by Crippen LogP contribution is 2.15. The Balaban J connectivity index is 0.00000243. The molecule has 142 valence electrons. The number of benzene rings is 1. The summed E-state index contributed by atoms with van der Waals surface area (Å²) >= 11 is 0. The number of aryl methyl sites for hydroxylation is 2. The molecule has 2 heterocycles. The Morgan fingerprint density at radius 1 is 1.15 bits per heavy atom. The zero-order valence-electron chi connectivity index (χ0n) is 15.7. The number of guanidine groups is 1. The summed E-state index contributed by atoms with van der Waals surface area (Å²) in [6.07, 6.45) is 5.77. The van der Waals surface area contributed by atoms with E-state index in [1.54, 1.807) is 0 Å². The molecule has 2 aromatic rings. The number of rotatable bonds is 5. The predicted octanol–water partition coefficient (Wildman–Crippen LogP) is 4.80. The van der Waals surface area contributed by atoms with Crippen molar-refractivity contribution in [2.24, 2.45) is 4.99 Å². The molecule has 6 heteroatoms. The molecule has 1 aliphatic heterocycles. The topological polar surface area (TPSA) is 53.7 Å². The van der Waals surface area contributed by atoms with Gasteiger partial charge in [-0.1, -0.05) is 23.4 Å². The normalized spacial score (nSPS) is 14.8. The lowest BCUT2D eigenvalue weighted by atomic mass is 10.1. The monoisotopic (exact) mass is 468 g/mol. The van der Waals surface area contributed by atoms with E-state index >= 15 is 0 Å². The van der Waals surface area contributed by atoms with Crippen LogP contribution in [0.5, 0.6) is 0 Å². The van der Waals surface area contributed by atoms with Crippen LogP contribution in [0, 0.1) is 13.8 Å². The van der Waals surface area contributed by atoms with Crippen LogP contribution in [-0.4, -0.2) is 35.7 Å². The zero-order chi connectivity index (χ0) is 17.5. The van der Waals surface area contributed by atoms with Gasteiger partial charge in [-0.25, -0.2) is 0 Å². The highest BCUT2D eigenvalue weighted by Gasteiger charge is 2.15. The molecule has 26 heavy (non-hydrogen) atoms. The maximum Gasteiger partial charge on any atom is 0.198 e. The number of anilines is 1. The van der Waals surface area contributed by atoms with E-state index in [1.807, 2.05) is 32.0 Å². The second-order valence-electron chi connectivity index (χ2n) is 6.65. The maximum absolute atomic E-state index is 5.24. The van der Waals surface area contributed by atoms with Gasteiger partial charge in [-0.15, -0.1) is 24.0 Å². The Morgan fingerprint density at radius 2 is 1.88 bits per heavy atom. The van der Waals surface area contributed by atoms with Crippen molar-refractivity contribution in [1.29, 1.82) is 0 Å². The summed E-state index contributed by atoms with van der Waals surface area (Å²) in [4.78, 5) is 7.26. The van der Waals surface area contributed by atoms with Gasteiger partial charge < -0.3 is 14.7 Å². The molecule has 1 aliphatic rings. The van der Waals surface area contributed by atoms with E-state index < -0.39 is 0 Å². The fourth-order valence-corrected chi connectivity index (χ4v) is 3.27. The van der Waals surface area contributed by atoms with Crippen LogP contribution in [-0.2, 0) is 6.42 Å². The quantitative estimate of drug-likeness (QED) is 0.297. The number of hydrogen-bond donors (Lipinski definition) is 1. The molecule has 1 aromatic carbocycles. The van der Waals surface area contributed by atoms with Crippen molar-refractivity contribution in [2.45, 2.75) is 46.0 Å². The number of aromatic nitrogens is 1. The molecular formula is C20H29IN4O. The Bertz CT molecular complexity index is 674. The summed E-state index contributed by atoms with van der Waals surface area (Å²) in [5.74, 6) is 1.94. The van der Waals surface area contributed by atoms with Crippen molar-refractivity contribution >= 4 is 35.6 Å². The fraction of sp³-hybridized carbons (Fsp3) is 0.500. The number of halogens is 1.